The first-order chi connectivity index (χ1) is 14.1. The Kier molecular flexibility index (Phi) is 10.1. The average Bonchev–Trinajstić information content (AvgIpc) is 2.76. The topological polar surface area (TPSA) is 61.4 Å². The minimum Gasteiger partial charge on any atom is -0.353 e. The van der Waals surface area contributed by atoms with E-state index in [2.05, 4.69) is 24.5 Å². The van der Waals surface area contributed by atoms with Gasteiger partial charge in [0.15, 0.2) is 0 Å². The molecule has 5 nitrogen and oxygen atoms in total. The fraction of sp³-hybridized carbons (Fsp3) is 0.667. The molecule has 168 valence electrons. The van der Waals surface area contributed by atoms with Crippen LogP contribution in [-0.2, 0) is 9.59 Å². The quantitative estimate of drug-likeness (QED) is 0.685. The summed E-state index contributed by atoms with van der Waals surface area (Å²) in [5.41, 5.74) is 1.10. The van der Waals surface area contributed by atoms with Crippen molar-refractivity contribution in [3.8, 4) is 0 Å². The zero-order valence-electron chi connectivity index (χ0n) is 18.4. The van der Waals surface area contributed by atoms with Gasteiger partial charge in [0, 0.05) is 25.6 Å². The highest BCUT2D eigenvalue weighted by Crippen LogP contribution is 2.26. The molecule has 0 aliphatic carbocycles. The lowest BCUT2D eigenvalue weighted by atomic mass is 9.84. The summed E-state index contributed by atoms with van der Waals surface area (Å²) in [5, 5.41) is 6.62. The van der Waals surface area contributed by atoms with Crippen LogP contribution in [0.3, 0.4) is 0 Å². The van der Waals surface area contributed by atoms with E-state index in [-0.39, 0.29) is 36.2 Å². The third-order valence-electron chi connectivity index (χ3n) is 6.78. The van der Waals surface area contributed by atoms with E-state index in [0.717, 1.165) is 51.0 Å². The largest absolute Gasteiger partial charge is 0.353 e. The van der Waals surface area contributed by atoms with Crippen LogP contribution >= 0.6 is 12.4 Å². The van der Waals surface area contributed by atoms with Crippen molar-refractivity contribution in [2.45, 2.75) is 64.3 Å². The Balaban J connectivity index is 0.00000320. The first kappa shape index (κ1) is 24.7. The van der Waals surface area contributed by atoms with E-state index in [1.54, 1.807) is 0 Å². The lowest BCUT2D eigenvalue weighted by molar-refractivity contribution is -0.134. The van der Waals surface area contributed by atoms with Crippen LogP contribution in [0.5, 0.6) is 0 Å². The predicted molar refractivity (Wildman–Crippen MR) is 124 cm³/mol. The number of carbonyl (C=O) groups is 2. The molecule has 1 aromatic carbocycles. The third kappa shape index (κ3) is 6.71. The van der Waals surface area contributed by atoms with Gasteiger partial charge in [0.2, 0.25) is 11.8 Å². The van der Waals surface area contributed by atoms with E-state index in [4.69, 9.17) is 0 Å². The van der Waals surface area contributed by atoms with Crippen LogP contribution in [0.15, 0.2) is 30.3 Å². The smallest absolute Gasteiger partial charge is 0.230 e. The number of nitrogens with one attached hydrogen (secondary N) is 2. The minimum absolute atomic E-state index is 0. The molecule has 1 aromatic rings. The maximum atomic E-state index is 13.0. The molecular formula is C24H38ClN3O2. The van der Waals surface area contributed by atoms with Crippen LogP contribution in [0, 0.1) is 11.8 Å². The van der Waals surface area contributed by atoms with Crippen molar-refractivity contribution in [1.29, 1.82) is 0 Å². The summed E-state index contributed by atoms with van der Waals surface area (Å²) < 4.78 is 0. The monoisotopic (exact) mass is 435 g/mol. The maximum absolute atomic E-state index is 13.0. The summed E-state index contributed by atoms with van der Waals surface area (Å²) in [6, 6.07) is 10.3. The number of nitrogens with zero attached hydrogens (tertiary/aromatic N) is 1. The van der Waals surface area contributed by atoms with Gasteiger partial charge in [-0.1, -0.05) is 44.2 Å². The normalized spacial score (nSPS) is 20.1. The van der Waals surface area contributed by atoms with Crippen molar-refractivity contribution in [3.63, 3.8) is 0 Å². The fourth-order valence-corrected chi connectivity index (χ4v) is 4.86. The Hall–Kier alpha value is -1.59. The summed E-state index contributed by atoms with van der Waals surface area (Å²) in [5.74, 6) is 1.44. The average molecular weight is 436 g/mol. The van der Waals surface area contributed by atoms with Gasteiger partial charge in [0.05, 0.1) is 5.92 Å². The van der Waals surface area contributed by atoms with Gasteiger partial charge in [-0.3, -0.25) is 9.59 Å². The minimum atomic E-state index is -0.0619. The molecule has 0 bridgehead atoms. The zero-order valence-corrected chi connectivity index (χ0v) is 19.3. The van der Waals surface area contributed by atoms with Gasteiger partial charge >= 0.3 is 0 Å². The molecule has 2 saturated heterocycles. The predicted octanol–water partition coefficient (Wildman–Crippen LogP) is 3.74. The highest BCUT2D eigenvalue weighted by Gasteiger charge is 2.29. The second kappa shape index (κ2) is 12.3. The molecule has 0 spiro atoms. The Labute approximate surface area is 187 Å². The number of halogens is 1. The van der Waals surface area contributed by atoms with Gasteiger partial charge in [-0.25, -0.2) is 0 Å². The van der Waals surface area contributed by atoms with E-state index in [0.29, 0.717) is 18.3 Å². The van der Waals surface area contributed by atoms with Crippen LogP contribution < -0.4 is 10.6 Å². The number of amides is 2. The first-order valence-electron chi connectivity index (χ1n) is 11.4. The van der Waals surface area contributed by atoms with Crippen LogP contribution in [0.1, 0.15) is 63.9 Å². The molecule has 2 fully saturated rings. The molecule has 2 heterocycles. The van der Waals surface area contributed by atoms with Crippen molar-refractivity contribution in [2.24, 2.45) is 11.8 Å². The number of hydrogen-bond donors (Lipinski definition) is 2. The maximum Gasteiger partial charge on any atom is 0.230 e. The number of likely N-dealkylation sites (tertiary alicyclic amines) is 1. The molecule has 2 amide bonds. The fourth-order valence-electron chi connectivity index (χ4n) is 4.86. The lowest BCUT2D eigenvalue weighted by Gasteiger charge is -2.35. The standard InChI is InChI=1S/C24H37N3O2.ClH/c1-3-22(20-7-5-4-6-8-20)24(29)27-15-11-21(12-16-27)26-23(28)17-18(2)19-9-13-25-14-10-19;/h4-8,18-19,21-22,25H,3,9-17H2,1-2H3,(H,26,28);1H. The number of carbonyl (C=O) groups excluding carboxylic acids is 2. The van der Waals surface area contributed by atoms with Gasteiger partial charge in [0.1, 0.15) is 0 Å². The Morgan fingerprint density at radius 3 is 2.33 bits per heavy atom. The molecule has 0 aromatic heterocycles. The Morgan fingerprint density at radius 1 is 1.10 bits per heavy atom. The number of piperidine rings is 2. The summed E-state index contributed by atoms with van der Waals surface area (Å²) in [6.07, 6.45) is 5.49. The second-order valence-electron chi connectivity index (χ2n) is 8.81. The first-order valence-corrected chi connectivity index (χ1v) is 11.4. The number of rotatable bonds is 7. The highest BCUT2D eigenvalue weighted by atomic mass is 35.5. The molecule has 6 heteroatoms. The van der Waals surface area contributed by atoms with Gasteiger partial charge in [-0.2, -0.15) is 0 Å². The molecule has 30 heavy (non-hydrogen) atoms. The van der Waals surface area contributed by atoms with Gasteiger partial charge in [-0.15, -0.1) is 12.4 Å². The molecule has 2 atom stereocenters. The number of hydrogen-bond acceptors (Lipinski definition) is 3. The molecule has 2 N–H and O–H groups in total. The summed E-state index contributed by atoms with van der Waals surface area (Å²) in [4.78, 5) is 27.5. The van der Waals surface area contributed by atoms with Gasteiger partial charge in [-0.05, 0) is 62.6 Å². The molecule has 2 unspecified atom stereocenters. The molecule has 0 saturated carbocycles. The SMILES string of the molecule is CCC(C(=O)N1CCC(NC(=O)CC(C)C2CCNCC2)CC1)c1ccccc1.Cl. The number of benzene rings is 1. The van der Waals surface area contributed by atoms with E-state index < -0.39 is 0 Å². The van der Waals surface area contributed by atoms with E-state index in [1.165, 1.54) is 12.8 Å². The van der Waals surface area contributed by atoms with Crippen LogP contribution in [0.25, 0.3) is 0 Å². The zero-order chi connectivity index (χ0) is 20.6. The Morgan fingerprint density at radius 2 is 1.73 bits per heavy atom. The molecular weight excluding hydrogens is 398 g/mol. The van der Waals surface area contributed by atoms with E-state index in [9.17, 15) is 9.59 Å². The van der Waals surface area contributed by atoms with E-state index >= 15 is 0 Å². The molecule has 0 radical (unpaired) electrons. The lowest BCUT2D eigenvalue weighted by Crippen LogP contribution is -2.48. The summed E-state index contributed by atoms with van der Waals surface area (Å²) >= 11 is 0. The summed E-state index contributed by atoms with van der Waals surface area (Å²) in [7, 11) is 0. The van der Waals surface area contributed by atoms with Gasteiger partial charge in [0.25, 0.3) is 0 Å². The third-order valence-corrected chi connectivity index (χ3v) is 6.78. The Bertz CT molecular complexity index is 656. The van der Waals surface area contributed by atoms with Crippen LogP contribution in [0.4, 0.5) is 0 Å². The molecule has 3 rings (SSSR count). The molecule has 2 aliphatic heterocycles. The van der Waals surface area contributed by atoms with Crippen LogP contribution in [0.2, 0.25) is 0 Å². The van der Waals surface area contributed by atoms with Crippen molar-refractivity contribution in [2.75, 3.05) is 26.2 Å². The van der Waals surface area contributed by atoms with Crippen LogP contribution in [-0.4, -0.2) is 48.9 Å². The van der Waals surface area contributed by atoms with Gasteiger partial charge < -0.3 is 15.5 Å². The van der Waals surface area contributed by atoms with Crippen molar-refractivity contribution < 1.29 is 9.59 Å². The molecule has 2 aliphatic rings. The van der Waals surface area contributed by atoms with Crippen molar-refractivity contribution in [3.05, 3.63) is 35.9 Å². The summed E-state index contributed by atoms with van der Waals surface area (Å²) in [6.45, 7) is 7.90. The second-order valence-corrected chi connectivity index (χ2v) is 8.81. The van der Waals surface area contributed by atoms with Crippen molar-refractivity contribution >= 4 is 24.2 Å². The van der Waals surface area contributed by atoms with Crippen molar-refractivity contribution in [1.82, 2.24) is 15.5 Å². The van der Waals surface area contributed by atoms with E-state index in [1.807, 2.05) is 35.2 Å². The highest BCUT2D eigenvalue weighted by molar-refractivity contribution is 5.85.